The first kappa shape index (κ1) is 17.0. The molecule has 5 nitrogen and oxygen atoms in total. The predicted molar refractivity (Wildman–Crippen MR) is 92.0 cm³/mol. The largest absolute Gasteiger partial charge is 0.492 e. The molecule has 0 bridgehead atoms. The highest BCUT2D eigenvalue weighted by Gasteiger charge is 2.36. The van der Waals surface area contributed by atoms with Crippen LogP contribution in [0.5, 0.6) is 5.75 Å². The van der Waals surface area contributed by atoms with Crippen LogP contribution in [0.25, 0.3) is 0 Å². The molecule has 3 rings (SSSR count). The maximum absolute atomic E-state index is 11.4. The second kappa shape index (κ2) is 6.99. The molecule has 1 N–H and O–H groups in total. The van der Waals surface area contributed by atoms with Crippen molar-refractivity contribution in [3.63, 3.8) is 0 Å². The summed E-state index contributed by atoms with van der Waals surface area (Å²) in [5, 5.41) is 3.28. The summed E-state index contributed by atoms with van der Waals surface area (Å²) >= 11 is 0. The van der Waals surface area contributed by atoms with Crippen LogP contribution in [-0.2, 0) is 16.4 Å². The molecule has 1 saturated carbocycles. The summed E-state index contributed by atoms with van der Waals surface area (Å²) in [5.74, 6) is 4.06. The van der Waals surface area contributed by atoms with Crippen LogP contribution in [0.3, 0.4) is 0 Å². The van der Waals surface area contributed by atoms with Crippen LogP contribution in [0, 0.1) is 5.92 Å². The lowest BCUT2D eigenvalue weighted by Crippen LogP contribution is -2.20. The Hall–Kier alpha value is -1.79. The van der Waals surface area contributed by atoms with E-state index in [-0.39, 0.29) is 0 Å². The number of rotatable bonds is 8. The van der Waals surface area contributed by atoms with Crippen LogP contribution >= 0.6 is 0 Å². The smallest absolute Gasteiger partial charge is 0.175 e. The summed E-state index contributed by atoms with van der Waals surface area (Å²) < 4.78 is 34.2. The number of hydrogen-bond donors (Lipinski definition) is 1. The van der Waals surface area contributed by atoms with Crippen LogP contribution in [0.1, 0.15) is 30.8 Å². The minimum absolute atomic E-state index is 0.298. The van der Waals surface area contributed by atoms with E-state index in [0.29, 0.717) is 36.3 Å². The molecule has 0 aliphatic heterocycles. The maximum Gasteiger partial charge on any atom is 0.175 e. The average Bonchev–Trinajstić information content (AvgIpc) is 3.08. The highest BCUT2D eigenvalue weighted by atomic mass is 32.2. The van der Waals surface area contributed by atoms with E-state index in [1.54, 1.807) is 24.3 Å². The molecule has 1 fully saturated rings. The Morgan fingerprint density at radius 1 is 1.21 bits per heavy atom. The first-order chi connectivity index (χ1) is 11.4. The number of hydrogen-bond acceptors (Lipinski definition) is 5. The summed E-state index contributed by atoms with van der Waals surface area (Å²) in [5.41, 5.74) is 0. The van der Waals surface area contributed by atoms with Crippen LogP contribution in [0.4, 0.5) is 0 Å². The molecule has 0 saturated heterocycles. The van der Waals surface area contributed by atoms with Gasteiger partial charge in [-0.25, -0.2) is 8.42 Å². The van der Waals surface area contributed by atoms with E-state index in [1.807, 2.05) is 6.07 Å². The Morgan fingerprint density at radius 3 is 2.54 bits per heavy atom. The lowest BCUT2D eigenvalue weighted by atomic mass is 10.3. The van der Waals surface area contributed by atoms with Crippen molar-refractivity contribution >= 4 is 9.84 Å². The quantitative estimate of drug-likeness (QED) is 0.742. The van der Waals surface area contributed by atoms with Crippen LogP contribution < -0.4 is 10.1 Å². The number of furan rings is 1. The Morgan fingerprint density at radius 2 is 1.92 bits per heavy atom. The molecule has 6 heteroatoms. The zero-order valence-corrected chi connectivity index (χ0v) is 14.8. The minimum atomic E-state index is -3.16. The van der Waals surface area contributed by atoms with Gasteiger partial charge in [0.2, 0.25) is 0 Å². The molecular formula is C18H23NO4S. The van der Waals surface area contributed by atoms with E-state index in [4.69, 9.17) is 9.15 Å². The molecule has 1 aromatic carbocycles. The van der Waals surface area contributed by atoms with Gasteiger partial charge in [0, 0.05) is 18.7 Å². The fourth-order valence-corrected chi connectivity index (χ4v) is 3.27. The van der Waals surface area contributed by atoms with Crippen LogP contribution in [-0.4, -0.2) is 27.8 Å². The van der Waals surface area contributed by atoms with Gasteiger partial charge in [-0.15, -0.1) is 0 Å². The lowest BCUT2D eigenvalue weighted by molar-refractivity contribution is 0.310. The van der Waals surface area contributed by atoms with Crippen molar-refractivity contribution in [3.8, 4) is 5.75 Å². The molecule has 2 atom stereocenters. The monoisotopic (exact) mass is 349 g/mol. The average molecular weight is 349 g/mol. The van der Waals surface area contributed by atoms with E-state index >= 15 is 0 Å². The predicted octanol–water partition coefficient (Wildman–Crippen LogP) is 2.98. The molecule has 0 spiro atoms. The Balaban J connectivity index is 1.37. The van der Waals surface area contributed by atoms with Crippen molar-refractivity contribution in [1.82, 2.24) is 5.32 Å². The number of sulfone groups is 1. The van der Waals surface area contributed by atoms with Gasteiger partial charge in [0.15, 0.2) is 9.84 Å². The summed E-state index contributed by atoms with van der Waals surface area (Å²) in [6.07, 6.45) is 2.42. The fraction of sp³-hybridized carbons (Fsp3) is 0.444. The fourth-order valence-electron chi connectivity index (χ4n) is 2.64. The van der Waals surface area contributed by atoms with E-state index in [2.05, 4.69) is 18.3 Å². The van der Waals surface area contributed by atoms with Crippen LogP contribution in [0.2, 0.25) is 0 Å². The third-order valence-corrected chi connectivity index (χ3v) is 5.38. The number of nitrogens with one attached hydrogen (secondary N) is 1. The van der Waals surface area contributed by atoms with Gasteiger partial charge in [-0.1, -0.05) is 6.92 Å². The second-order valence-corrected chi connectivity index (χ2v) is 8.41. The summed E-state index contributed by atoms with van der Waals surface area (Å²) in [7, 11) is -3.16. The van der Waals surface area contributed by atoms with Gasteiger partial charge in [-0.2, -0.15) is 0 Å². The van der Waals surface area contributed by atoms with Crippen molar-refractivity contribution in [1.29, 1.82) is 0 Å². The van der Waals surface area contributed by atoms with Crippen molar-refractivity contribution < 1.29 is 17.6 Å². The highest BCUT2D eigenvalue weighted by Crippen LogP contribution is 2.47. The number of ether oxygens (including phenoxy) is 1. The van der Waals surface area contributed by atoms with Crippen LogP contribution in [0.15, 0.2) is 45.7 Å². The van der Waals surface area contributed by atoms with Gasteiger partial charge in [0.25, 0.3) is 0 Å². The molecule has 24 heavy (non-hydrogen) atoms. The topological polar surface area (TPSA) is 68.5 Å². The van der Waals surface area contributed by atoms with Crippen molar-refractivity contribution in [2.75, 3.05) is 19.4 Å². The van der Waals surface area contributed by atoms with Gasteiger partial charge in [0.05, 0.1) is 11.4 Å². The van der Waals surface area contributed by atoms with Gasteiger partial charge in [-0.3, -0.25) is 0 Å². The van der Waals surface area contributed by atoms with Gasteiger partial charge < -0.3 is 14.5 Å². The first-order valence-corrected chi connectivity index (χ1v) is 10.0. The van der Waals surface area contributed by atoms with Gasteiger partial charge >= 0.3 is 0 Å². The van der Waals surface area contributed by atoms with E-state index in [1.165, 1.54) is 12.7 Å². The Bertz CT molecular complexity index is 780. The highest BCUT2D eigenvalue weighted by molar-refractivity contribution is 7.90. The normalized spacial score (nSPS) is 20.1. The zero-order chi connectivity index (χ0) is 17.2. The maximum atomic E-state index is 11.4. The van der Waals surface area contributed by atoms with Gasteiger partial charge in [-0.05, 0) is 48.7 Å². The summed E-state index contributed by atoms with van der Waals surface area (Å²) in [6.45, 7) is 4.11. The molecule has 2 aromatic rings. The molecule has 1 aliphatic carbocycles. The van der Waals surface area contributed by atoms with Crippen molar-refractivity contribution in [2.24, 2.45) is 5.92 Å². The molecule has 0 radical (unpaired) electrons. The molecule has 1 aromatic heterocycles. The third kappa shape index (κ3) is 4.39. The molecular weight excluding hydrogens is 326 g/mol. The molecule has 130 valence electrons. The summed E-state index contributed by atoms with van der Waals surface area (Å²) in [4.78, 5) is 0.298. The Kier molecular flexibility index (Phi) is 4.96. The van der Waals surface area contributed by atoms with Gasteiger partial charge in [0.1, 0.15) is 23.9 Å². The minimum Gasteiger partial charge on any atom is -0.492 e. The molecule has 2 unspecified atom stereocenters. The molecule has 1 aliphatic rings. The molecule has 0 amide bonds. The van der Waals surface area contributed by atoms with Crippen molar-refractivity contribution in [3.05, 3.63) is 47.9 Å². The SMILES string of the molecule is CC1CC1c1ccc(CNCCOc2ccc(S(C)(=O)=O)cc2)o1. The summed E-state index contributed by atoms with van der Waals surface area (Å²) in [6, 6.07) is 10.6. The standard InChI is InChI=1S/C18H23NO4S/c1-13-11-17(13)18-8-5-15(23-18)12-19-9-10-22-14-3-6-16(7-4-14)24(2,20)21/h3-8,13,17,19H,9-12H2,1-2H3. The number of benzene rings is 1. The second-order valence-electron chi connectivity index (χ2n) is 6.39. The zero-order valence-electron chi connectivity index (χ0n) is 14.0. The van der Waals surface area contributed by atoms with Crippen molar-refractivity contribution in [2.45, 2.75) is 30.7 Å². The van der Waals surface area contributed by atoms with E-state index in [0.717, 1.165) is 17.4 Å². The Labute approximate surface area is 142 Å². The van der Waals surface area contributed by atoms with E-state index < -0.39 is 9.84 Å². The molecule has 1 heterocycles. The lowest BCUT2D eigenvalue weighted by Gasteiger charge is -2.07. The third-order valence-electron chi connectivity index (χ3n) is 4.26. The first-order valence-electron chi connectivity index (χ1n) is 8.16. The van der Waals surface area contributed by atoms with E-state index in [9.17, 15) is 8.42 Å².